The third-order valence-corrected chi connectivity index (χ3v) is 2.98. The number of nitrogens with zero attached hydrogens (tertiary/aromatic N) is 2. The molecule has 0 saturated carbocycles. The second-order valence-electron chi connectivity index (χ2n) is 3.65. The molecule has 0 aliphatic carbocycles. The molecule has 1 heterocycles. The fraction of sp³-hybridized carbons (Fsp3) is 0.167. The largest absolute Gasteiger partial charge is 0.391 e. The molecular weight excluding hydrogens is 284 g/mol. The van der Waals surface area contributed by atoms with E-state index in [9.17, 15) is 4.79 Å². The van der Waals surface area contributed by atoms with Crippen LogP contribution in [0.25, 0.3) is 11.3 Å². The molecule has 2 aromatic rings. The van der Waals surface area contributed by atoms with Crippen molar-refractivity contribution in [3.05, 3.63) is 50.7 Å². The average molecular weight is 295 g/mol. The summed E-state index contributed by atoms with van der Waals surface area (Å²) in [6.07, 6.45) is 0. The lowest BCUT2D eigenvalue weighted by molar-refractivity contribution is 0.279. The zero-order chi connectivity index (χ0) is 12.4. The van der Waals surface area contributed by atoms with Crippen LogP contribution in [0, 0.1) is 0 Å². The molecule has 0 radical (unpaired) electrons. The third kappa shape index (κ3) is 2.45. The number of hydrogen-bond donors (Lipinski definition) is 1. The molecule has 0 spiro atoms. The summed E-state index contributed by atoms with van der Waals surface area (Å²) in [5.41, 5.74) is 1.65. The first-order valence-electron chi connectivity index (χ1n) is 5.06. The molecule has 1 aromatic carbocycles. The monoisotopic (exact) mass is 294 g/mol. The van der Waals surface area contributed by atoms with Crippen LogP contribution >= 0.6 is 15.9 Å². The predicted molar refractivity (Wildman–Crippen MR) is 68.5 cm³/mol. The quantitative estimate of drug-likeness (QED) is 0.917. The SMILES string of the molecule is Cn1nc(-c2ccc(Br)cc2)cc(CO)c1=O. The highest BCUT2D eigenvalue weighted by Crippen LogP contribution is 2.19. The van der Waals surface area contributed by atoms with Crippen LogP contribution in [0.2, 0.25) is 0 Å². The normalized spacial score (nSPS) is 10.5. The van der Waals surface area contributed by atoms with E-state index in [2.05, 4.69) is 21.0 Å². The second-order valence-corrected chi connectivity index (χ2v) is 4.56. The molecule has 2 rings (SSSR count). The smallest absolute Gasteiger partial charge is 0.272 e. The molecule has 0 aliphatic heterocycles. The lowest BCUT2D eigenvalue weighted by atomic mass is 10.1. The Morgan fingerprint density at radius 3 is 2.59 bits per heavy atom. The minimum Gasteiger partial charge on any atom is -0.391 e. The van der Waals surface area contributed by atoms with Crippen molar-refractivity contribution in [3.63, 3.8) is 0 Å². The molecule has 0 amide bonds. The summed E-state index contributed by atoms with van der Waals surface area (Å²) >= 11 is 3.36. The Labute approximate surface area is 107 Å². The maximum absolute atomic E-state index is 11.6. The van der Waals surface area contributed by atoms with E-state index in [4.69, 9.17) is 5.11 Å². The Balaban J connectivity index is 2.56. The lowest BCUT2D eigenvalue weighted by Gasteiger charge is -2.06. The first-order chi connectivity index (χ1) is 8.11. The van der Waals surface area contributed by atoms with Gasteiger partial charge in [-0.1, -0.05) is 28.1 Å². The Kier molecular flexibility index (Phi) is 3.40. The molecule has 1 N–H and O–H groups in total. The van der Waals surface area contributed by atoms with Gasteiger partial charge in [0.25, 0.3) is 5.56 Å². The third-order valence-electron chi connectivity index (χ3n) is 2.45. The number of aromatic nitrogens is 2. The van der Waals surface area contributed by atoms with Crippen molar-refractivity contribution < 1.29 is 5.11 Å². The van der Waals surface area contributed by atoms with Gasteiger partial charge in [0.15, 0.2) is 0 Å². The lowest BCUT2D eigenvalue weighted by Crippen LogP contribution is -2.23. The summed E-state index contributed by atoms with van der Waals surface area (Å²) in [7, 11) is 1.57. The summed E-state index contributed by atoms with van der Waals surface area (Å²) < 4.78 is 2.22. The predicted octanol–water partition coefficient (Wildman–Crippen LogP) is 1.70. The van der Waals surface area contributed by atoms with Crippen molar-refractivity contribution >= 4 is 15.9 Å². The van der Waals surface area contributed by atoms with Crippen LogP contribution in [0.15, 0.2) is 39.6 Å². The van der Waals surface area contributed by atoms with E-state index in [0.29, 0.717) is 11.3 Å². The van der Waals surface area contributed by atoms with Gasteiger partial charge in [-0.15, -0.1) is 0 Å². The minimum atomic E-state index is -0.279. The highest BCUT2D eigenvalue weighted by Gasteiger charge is 2.06. The standard InChI is InChI=1S/C12H11BrN2O2/c1-15-12(17)9(7-16)6-11(14-15)8-2-4-10(13)5-3-8/h2-6,16H,7H2,1H3. The van der Waals surface area contributed by atoms with Gasteiger partial charge in [-0.05, 0) is 18.2 Å². The summed E-state index contributed by atoms with van der Waals surface area (Å²) in [5.74, 6) is 0. The highest BCUT2D eigenvalue weighted by molar-refractivity contribution is 9.10. The molecule has 0 unspecified atom stereocenters. The number of aliphatic hydroxyl groups excluding tert-OH is 1. The Bertz CT molecular complexity index is 590. The fourth-order valence-corrected chi connectivity index (χ4v) is 1.81. The number of aliphatic hydroxyl groups is 1. The van der Waals surface area contributed by atoms with E-state index >= 15 is 0 Å². The Morgan fingerprint density at radius 2 is 2.00 bits per heavy atom. The van der Waals surface area contributed by atoms with E-state index in [0.717, 1.165) is 10.0 Å². The number of hydrogen-bond acceptors (Lipinski definition) is 3. The van der Waals surface area contributed by atoms with E-state index < -0.39 is 0 Å². The molecular formula is C12H11BrN2O2. The first-order valence-corrected chi connectivity index (χ1v) is 5.85. The van der Waals surface area contributed by atoms with Crippen molar-refractivity contribution in [3.8, 4) is 11.3 Å². The van der Waals surface area contributed by atoms with Crippen LogP contribution in [-0.4, -0.2) is 14.9 Å². The van der Waals surface area contributed by atoms with Gasteiger partial charge in [0.05, 0.1) is 12.3 Å². The van der Waals surface area contributed by atoms with Gasteiger partial charge >= 0.3 is 0 Å². The molecule has 0 aliphatic rings. The fourth-order valence-electron chi connectivity index (χ4n) is 1.55. The van der Waals surface area contributed by atoms with Gasteiger partial charge in [-0.3, -0.25) is 4.79 Å². The first kappa shape index (κ1) is 12.0. The van der Waals surface area contributed by atoms with Crippen LogP contribution in [0.1, 0.15) is 5.56 Å². The summed E-state index contributed by atoms with van der Waals surface area (Å²) in [4.78, 5) is 11.6. The van der Waals surface area contributed by atoms with Crippen molar-refractivity contribution in [1.82, 2.24) is 9.78 Å². The summed E-state index contributed by atoms with van der Waals surface area (Å²) in [6, 6.07) is 9.23. The molecule has 5 heteroatoms. The molecule has 17 heavy (non-hydrogen) atoms. The molecule has 0 atom stereocenters. The zero-order valence-corrected chi connectivity index (χ0v) is 10.8. The maximum atomic E-state index is 11.6. The van der Waals surface area contributed by atoms with Crippen molar-refractivity contribution in [2.45, 2.75) is 6.61 Å². The van der Waals surface area contributed by atoms with Gasteiger partial charge in [0.2, 0.25) is 0 Å². The van der Waals surface area contributed by atoms with Gasteiger partial charge in [-0.25, -0.2) is 4.68 Å². The van der Waals surface area contributed by atoms with Crippen LogP contribution in [0.4, 0.5) is 0 Å². The number of rotatable bonds is 2. The van der Waals surface area contributed by atoms with Crippen LogP contribution in [0.5, 0.6) is 0 Å². The van der Waals surface area contributed by atoms with Gasteiger partial charge in [-0.2, -0.15) is 5.10 Å². The number of benzene rings is 1. The number of halogens is 1. The van der Waals surface area contributed by atoms with Crippen LogP contribution < -0.4 is 5.56 Å². The van der Waals surface area contributed by atoms with Crippen LogP contribution in [0.3, 0.4) is 0 Å². The van der Waals surface area contributed by atoms with Gasteiger partial charge in [0.1, 0.15) is 0 Å². The topological polar surface area (TPSA) is 55.1 Å². The van der Waals surface area contributed by atoms with Crippen molar-refractivity contribution in [1.29, 1.82) is 0 Å². The van der Waals surface area contributed by atoms with Crippen molar-refractivity contribution in [2.75, 3.05) is 0 Å². The second kappa shape index (κ2) is 4.81. The van der Waals surface area contributed by atoms with E-state index in [1.165, 1.54) is 4.68 Å². The van der Waals surface area contributed by atoms with Gasteiger partial charge < -0.3 is 5.11 Å². The molecule has 88 valence electrons. The Morgan fingerprint density at radius 1 is 1.35 bits per heavy atom. The summed E-state index contributed by atoms with van der Waals surface area (Å²) in [5, 5.41) is 13.3. The van der Waals surface area contributed by atoms with Crippen molar-refractivity contribution in [2.24, 2.45) is 7.05 Å². The zero-order valence-electron chi connectivity index (χ0n) is 9.22. The molecule has 4 nitrogen and oxygen atoms in total. The highest BCUT2D eigenvalue weighted by atomic mass is 79.9. The van der Waals surface area contributed by atoms with Crippen LogP contribution in [-0.2, 0) is 13.7 Å². The average Bonchev–Trinajstić information content (AvgIpc) is 2.33. The molecule has 0 bridgehead atoms. The van der Waals surface area contributed by atoms with Gasteiger partial charge in [0, 0.05) is 22.6 Å². The molecule has 0 saturated heterocycles. The Hall–Kier alpha value is -1.46. The summed E-state index contributed by atoms with van der Waals surface area (Å²) in [6.45, 7) is -0.279. The van der Waals surface area contributed by atoms with E-state index in [1.807, 2.05) is 24.3 Å². The molecule has 0 fully saturated rings. The maximum Gasteiger partial charge on any atom is 0.272 e. The minimum absolute atomic E-state index is 0.270. The van der Waals surface area contributed by atoms with E-state index in [1.54, 1.807) is 13.1 Å². The molecule has 1 aromatic heterocycles. The number of aryl methyl sites for hydroxylation is 1. The van der Waals surface area contributed by atoms with E-state index in [-0.39, 0.29) is 12.2 Å².